The molecule has 3 rings (SSSR count). The molecule has 1 atom stereocenters. The second-order valence-electron chi connectivity index (χ2n) is 7.54. The summed E-state index contributed by atoms with van der Waals surface area (Å²) in [4.78, 5) is 2.15. The van der Waals surface area contributed by atoms with Crippen LogP contribution in [-0.4, -0.2) is 35.9 Å². The SMILES string of the molecule is CCOc1cccc(CN(Cc2ccco2)CC(O)COc2ccc(C)c(C)c2)c1. The molecule has 1 unspecified atom stereocenters. The van der Waals surface area contributed by atoms with Gasteiger partial charge in [-0.2, -0.15) is 0 Å². The number of furan rings is 1. The van der Waals surface area contributed by atoms with Crippen LogP contribution >= 0.6 is 0 Å². The average Bonchev–Trinajstić information content (AvgIpc) is 3.22. The lowest BCUT2D eigenvalue weighted by atomic mass is 10.1. The van der Waals surface area contributed by atoms with Gasteiger partial charge < -0.3 is 19.0 Å². The second kappa shape index (κ2) is 10.9. The molecule has 0 aliphatic carbocycles. The Balaban J connectivity index is 1.62. The first-order valence-electron chi connectivity index (χ1n) is 10.4. The molecule has 1 aromatic heterocycles. The van der Waals surface area contributed by atoms with Crippen molar-refractivity contribution in [1.29, 1.82) is 0 Å². The van der Waals surface area contributed by atoms with E-state index in [1.165, 1.54) is 11.1 Å². The van der Waals surface area contributed by atoms with Crippen molar-refractivity contribution < 1.29 is 19.0 Å². The molecule has 5 nitrogen and oxygen atoms in total. The Morgan fingerprint density at radius 3 is 2.50 bits per heavy atom. The summed E-state index contributed by atoms with van der Waals surface area (Å²) in [7, 11) is 0. The maximum Gasteiger partial charge on any atom is 0.119 e. The largest absolute Gasteiger partial charge is 0.494 e. The Kier molecular flexibility index (Phi) is 7.94. The molecule has 0 aliphatic rings. The highest BCUT2D eigenvalue weighted by atomic mass is 16.5. The quantitative estimate of drug-likeness (QED) is 0.496. The normalized spacial score (nSPS) is 12.2. The number of hydrogen-bond donors (Lipinski definition) is 1. The number of aryl methyl sites for hydroxylation is 2. The highest BCUT2D eigenvalue weighted by Crippen LogP contribution is 2.19. The van der Waals surface area contributed by atoms with E-state index in [0.29, 0.717) is 26.2 Å². The van der Waals surface area contributed by atoms with Gasteiger partial charge in [0.15, 0.2) is 0 Å². The smallest absolute Gasteiger partial charge is 0.119 e. The van der Waals surface area contributed by atoms with Gasteiger partial charge in [-0.25, -0.2) is 0 Å². The fourth-order valence-corrected chi connectivity index (χ4v) is 3.31. The molecule has 0 saturated carbocycles. The van der Waals surface area contributed by atoms with E-state index in [0.717, 1.165) is 22.8 Å². The first-order chi connectivity index (χ1) is 14.5. The number of aliphatic hydroxyl groups excluding tert-OH is 1. The summed E-state index contributed by atoms with van der Waals surface area (Å²) in [6.07, 6.45) is 1.04. The summed E-state index contributed by atoms with van der Waals surface area (Å²) in [5.74, 6) is 2.49. The van der Waals surface area contributed by atoms with Gasteiger partial charge in [0.1, 0.15) is 30.0 Å². The van der Waals surface area contributed by atoms with Gasteiger partial charge in [-0.3, -0.25) is 4.90 Å². The predicted octanol–water partition coefficient (Wildman–Crippen LogP) is 4.74. The maximum atomic E-state index is 10.6. The fourth-order valence-electron chi connectivity index (χ4n) is 3.31. The molecule has 0 amide bonds. The van der Waals surface area contributed by atoms with Gasteiger partial charge in [0, 0.05) is 13.1 Å². The molecule has 0 saturated heterocycles. The van der Waals surface area contributed by atoms with E-state index in [-0.39, 0.29) is 6.61 Å². The van der Waals surface area contributed by atoms with Crippen molar-refractivity contribution in [3.8, 4) is 11.5 Å². The van der Waals surface area contributed by atoms with Gasteiger partial charge in [-0.05, 0) is 73.9 Å². The van der Waals surface area contributed by atoms with Gasteiger partial charge in [0.25, 0.3) is 0 Å². The molecule has 2 aromatic carbocycles. The molecular weight excluding hydrogens is 378 g/mol. The molecule has 3 aromatic rings. The highest BCUT2D eigenvalue weighted by Gasteiger charge is 2.15. The van der Waals surface area contributed by atoms with Gasteiger partial charge in [-0.15, -0.1) is 0 Å². The van der Waals surface area contributed by atoms with Crippen LogP contribution in [0.25, 0.3) is 0 Å². The standard InChI is InChI=1S/C25H31NO4/c1-4-28-23-8-5-7-21(14-23)15-26(17-25-9-6-12-29-25)16-22(27)18-30-24-11-10-19(2)20(3)13-24/h5-14,22,27H,4,15-18H2,1-3H3. The lowest BCUT2D eigenvalue weighted by Gasteiger charge is -2.24. The minimum Gasteiger partial charge on any atom is -0.494 e. The van der Waals surface area contributed by atoms with Gasteiger partial charge in [0.05, 0.1) is 19.4 Å². The molecule has 30 heavy (non-hydrogen) atoms. The summed E-state index contributed by atoms with van der Waals surface area (Å²) in [5, 5.41) is 10.6. The van der Waals surface area contributed by atoms with Crippen LogP contribution in [0.5, 0.6) is 11.5 Å². The van der Waals surface area contributed by atoms with Crippen LogP contribution in [0, 0.1) is 13.8 Å². The van der Waals surface area contributed by atoms with Gasteiger partial charge >= 0.3 is 0 Å². The number of ether oxygens (including phenoxy) is 2. The van der Waals surface area contributed by atoms with Crippen LogP contribution in [0.1, 0.15) is 29.4 Å². The number of hydrogen-bond acceptors (Lipinski definition) is 5. The molecule has 1 N–H and O–H groups in total. The molecule has 0 bridgehead atoms. The Morgan fingerprint density at radius 2 is 1.77 bits per heavy atom. The molecular formula is C25H31NO4. The van der Waals surface area contributed by atoms with Gasteiger partial charge in [0.2, 0.25) is 0 Å². The molecule has 1 heterocycles. The zero-order chi connectivity index (χ0) is 21.3. The zero-order valence-corrected chi connectivity index (χ0v) is 18.0. The number of aliphatic hydroxyl groups is 1. The Labute approximate surface area is 178 Å². The molecule has 0 aliphatic heterocycles. The maximum absolute atomic E-state index is 10.6. The number of benzene rings is 2. The molecule has 0 spiro atoms. The van der Waals surface area contributed by atoms with Crippen molar-refractivity contribution in [2.75, 3.05) is 19.8 Å². The van der Waals surface area contributed by atoms with Crippen LogP contribution in [-0.2, 0) is 13.1 Å². The fraction of sp³-hybridized carbons (Fsp3) is 0.360. The van der Waals surface area contributed by atoms with Crippen molar-refractivity contribution in [2.24, 2.45) is 0 Å². The van der Waals surface area contributed by atoms with Crippen molar-refractivity contribution >= 4 is 0 Å². The van der Waals surface area contributed by atoms with Crippen LogP contribution in [0.4, 0.5) is 0 Å². The average molecular weight is 410 g/mol. The molecule has 0 fully saturated rings. The number of nitrogens with zero attached hydrogens (tertiary/aromatic N) is 1. The third kappa shape index (κ3) is 6.65. The van der Waals surface area contributed by atoms with Crippen LogP contribution in [0.3, 0.4) is 0 Å². The first-order valence-corrected chi connectivity index (χ1v) is 10.4. The summed E-state index contributed by atoms with van der Waals surface area (Å²) >= 11 is 0. The molecule has 160 valence electrons. The van der Waals surface area contributed by atoms with Crippen molar-refractivity contribution in [3.63, 3.8) is 0 Å². The summed E-state index contributed by atoms with van der Waals surface area (Å²) in [5.41, 5.74) is 3.52. The van der Waals surface area contributed by atoms with Crippen molar-refractivity contribution in [1.82, 2.24) is 4.90 Å². The topological polar surface area (TPSA) is 55.1 Å². The van der Waals surface area contributed by atoms with E-state index in [1.807, 2.05) is 55.5 Å². The Morgan fingerprint density at radius 1 is 0.933 bits per heavy atom. The zero-order valence-electron chi connectivity index (χ0n) is 18.0. The lowest BCUT2D eigenvalue weighted by Crippen LogP contribution is -2.35. The molecule has 5 heteroatoms. The second-order valence-corrected chi connectivity index (χ2v) is 7.54. The lowest BCUT2D eigenvalue weighted by molar-refractivity contribution is 0.0604. The van der Waals surface area contributed by atoms with Crippen LogP contribution in [0.2, 0.25) is 0 Å². The minimum atomic E-state index is -0.628. The number of rotatable bonds is 11. The molecule has 0 radical (unpaired) electrons. The van der Waals surface area contributed by atoms with Crippen molar-refractivity contribution in [2.45, 2.75) is 40.0 Å². The van der Waals surface area contributed by atoms with E-state index in [1.54, 1.807) is 6.26 Å². The summed E-state index contributed by atoms with van der Waals surface area (Å²) in [6.45, 7) is 8.70. The van der Waals surface area contributed by atoms with E-state index < -0.39 is 6.10 Å². The minimum absolute atomic E-state index is 0.232. The van der Waals surface area contributed by atoms with Crippen LogP contribution < -0.4 is 9.47 Å². The van der Waals surface area contributed by atoms with E-state index in [9.17, 15) is 5.11 Å². The predicted molar refractivity (Wildman–Crippen MR) is 118 cm³/mol. The highest BCUT2D eigenvalue weighted by molar-refractivity contribution is 5.33. The third-order valence-electron chi connectivity index (χ3n) is 4.96. The van der Waals surface area contributed by atoms with E-state index in [2.05, 4.69) is 24.8 Å². The third-order valence-corrected chi connectivity index (χ3v) is 4.96. The first kappa shape index (κ1) is 21.9. The van der Waals surface area contributed by atoms with E-state index >= 15 is 0 Å². The summed E-state index contributed by atoms with van der Waals surface area (Å²) < 4.78 is 17.0. The van der Waals surface area contributed by atoms with E-state index in [4.69, 9.17) is 13.9 Å². The Hall–Kier alpha value is -2.76. The van der Waals surface area contributed by atoms with Gasteiger partial charge in [-0.1, -0.05) is 18.2 Å². The van der Waals surface area contributed by atoms with Crippen molar-refractivity contribution in [3.05, 3.63) is 83.3 Å². The van der Waals surface area contributed by atoms with Crippen LogP contribution in [0.15, 0.2) is 65.3 Å². The monoisotopic (exact) mass is 409 g/mol. The Bertz CT molecular complexity index is 907. The summed E-state index contributed by atoms with van der Waals surface area (Å²) in [6, 6.07) is 17.8.